The van der Waals surface area contributed by atoms with E-state index in [9.17, 15) is 37.6 Å². The molecule has 1 aliphatic carbocycles. The molecule has 4 atom stereocenters. The van der Waals surface area contributed by atoms with Gasteiger partial charge in [-0.2, -0.15) is 0 Å². The molecular weight excluding hydrogens is 664 g/mol. The van der Waals surface area contributed by atoms with E-state index in [4.69, 9.17) is 5.73 Å². The summed E-state index contributed by atoms with van der Waals surface area (Å²) in [5.41, 5.74) is 4.02. The largest absolute Gasteiger partial charge is 1.00 e. The molecule has 1 fully saturated rings. The number of aliphatic hydroxyl groups is 1. The van der Waals surface area contributed by atoms with Crippen LogP contribution in [0, 0.1) is 5.41 Å². The molecule has 7 N–H and O–H groups in total. The number of unbranched alkanes of at least 4 members (excludes halogenated alkanes) is 1. The van der Waals surface area contributed by atoms with E-state index in [1.165, 1.54) is 0 Å². The van der Waals surface area contributed by atoms with Crippen molar-refractivity contribution in [2.24, 2.45) is 11.1 Å². The first-order chi connectivity index (χ1) is 22.7. The molecular formula is C33H45LiN5O8PS. The maximum absolute atomic E-state index is 14.3. The maximum atomic E-state index is 14.3. The van der Waals surface area contributed by atoms with Crippen molar-refractivity contribution in [3.63, 3.8) is 0 Å². The second kappa shape index (κ2) is 17.8. The summed E-state index contributed by atoms with van der Waals surface area (Å²) in [6.45, 7) is 0.337. The summed E-state index contributed by atoms with van der Waals surface area (Å²) in [5.74, 6) is -2.95. The molecule has 13 nitrogen and oxygen atoms in total. The second-order valence-electron chi connectivity index (χ2n) is 12.7. The van der Waals surface area contributed by atoms with Gasteiger partial charge in [0, 0.05) is 36.1 Å². The van der Waals surface area contributed by atoms with Crippen molar-refractivity contribution in [2.75, 3.05) is 19.0 Å². The third kappa shape index (κ3) is 11.0. The van der Waals surface area contributed by atoms with Crippen LogP contribution in [0.2, 0.25) is 0 Å². The number of benzene rings is 2. The SMILES string of the molecule is CS(=O)(=O)N[C@@H](CCCCN)C(=O)N[C@@](O)(Cc1ccccc1)[PH](=O)CC1(C(=O)N[C@@H](Cc2c[nH]c3ccccc23)C(=O)[O-])CCCC1.[Li+]. The Bertz CT molecular complexity index is 1720. The fraction of sp³-hybridized carbons (Fsp3) is 0.485. The van der Waals surface area contributed by atoms with Gasteiger partial charge in [-0.1, -0.05) is 67.8 Å². The van der Waals surface area contributed by atoms with Crippen molar-refractivity contribution in [3.8, 4) is 0 Å². The number of amides is 2. The van der Waals surface area contributed by atoms with E-state index in [0.29, 0.717) is 56.2 Å². The molecule has 49 heavy (non-hydrogen) atoms. The number of nitrogens with two attached hydrogens (primary N) is 1. The summed E-state index contributed by atoms with van der Waals surface area (Å²) in [5, 5.41) is 30.2. The Morgan fingerprint density at radius 3 is 2.35 bits per heavy atom. The number of aliphatic carboxylic acids is 1. The van der Waals surface area contributed by atoms with Crippen LogP contribution in [-0.4, -0.2) is 72.8 Å². The Kier molecular flexibility index (Phi) is 14.7. The number of H-pyrrole nitrogens is 1. The van der Waals surface area contributed by atoms with Gasteiger partial charge in [0.15, 0.2) is 5.47 Å². The van der Waals surface area contributed by atoms with E-state index < -0.39 is 58.6 Å². The Hall–Kier alpha value is -2.95. The van der Waals surface area contributed by atoms with Crippen molar-refractivity contribution in [1.82, 2.24) is 20.3 Å². The fourth-order valence-electron chi connectivity index (χ4n) is 6.40. The van der Waals surface area contributed by atoms with Crippen molar-refractivity contribution in [2.45, 2.75) is 75.3 Å². The molecule has 2 aromatic carbocycles. The molecule has 1 aromatic heterocycles. The number of carboxylic acid groups (broad SMARTS) is 1. The first-order valence-electron chi connectivity index (χ1n) is 16.1. The van der Waals surface area contributed by atoms with Crippen LogP contribution in [0.1, 0.15) is 56.1 Å². The summed E-state index contributed by atoms with van der Waals surface area (Å²) in [7, 11) is -7.12. The van der Waals surface area contributed by atoms with Crippen LogP contribution >= 0.6 is 7.80 Å². The van der Waals surface area contributed by atoms with Crippen LogP contribution in [-0.2, 0) is 41.8 Å². The van der Waals surface area contributed by atoms with E-state index in [0.717, 1.165) is 17.2 Å². The maximum Gasteiger partial charge on any atom is 1.00 e. The molecule has 0 saturated heterocycles. The molecule has 3 aromatic rings. The molecule has 0 bridgehead atoms. The number of para-hydroxylation sites is 1. The van der Waals surface area contributed by atoms with E-state index in [-0.39, 0.29) is 44.3 Å². The number of carboxylic acids is 1. The minimum atomic E-state index is -3.83. The zero-order chi connectivity index (χ0) is 35.0. The predicted octanol–water partition coefficient (Wildman–Crippen LogP) is -1.88. The molecule has 1 aliphatic rings. The van der Waals surface area contributed by atoms with Gasteiger partial charge >= 0.3 is 18.9 Å². The number of hydrogen-bond donors (Lipinski definition) is 6. The summed E-state index contributed by atoms with van der Waals surface area (Å²) < 4.78 is 40.8. The quantitative estimate of drug-likeness (QED) is 0.0376. The molecule has 1 heterocycles. The van der Waals surface area contributed by atoms with Gasteiger partial charge in [0.05, 0.1) is 23.7 Å². The van der Waals surface area contributed by atoms with E-state index in [1.807, 2.05) is 24.3 Å². The first-order valence-corrected chi connectivity index (χ1v) is 19.6. The minimum absolute atomic E-state index is 0. The number of carbonyl (C=O) groups excluding carboxylic acids is 3. The summed E-state index contributed by atoms with van der Waals surface area (Å²) >= 11 is 0. The van der Waals surface area contributed by atoms with Crippen molar-refractivity contribution in [3.05, 3.63) is 71.9 Å². The van der Waals surface area contributed by atoms with Gasteiger partial charge in [-0.25, -0.2) is 13.1 Å². The second-order valence-corrected chi connectivity index (χ2v) is 16.5. The minimum Gasteiger partial charge on any atom is -0.548 e. The monoisotopic (exact) mass is 709 g/mol. The van der Waals surface area contributed by atoms with Crippen LogP contribution in [0.3, 0.4) is 0 Å². The molecule has 1 saturated carbocycles. The molecule has 2 amide bonds. The molecule has 0 radical (unpaired) electrons. The number of sulfonamides is 1. The van der Waals surface area contributed by atoms with E-state index >= 15 is 0 Å². The van der Waals surface area contributed by atoms with Crippen molar-refractivity contribution in [1.29, 1.82) is 0 Å². The van der Waals surface area contributed by atoms with Crippen molar-refractivity contribution >= 4 is 46.5 Å². The van der Waals surface area contributed by atoms with Gasteiger partial charge in [-0.05, 0) is 49.4 Å². The van der Waals surface area contributed by atoms with Gasteiger partial charge < -0.3 is 40.9 Å². The molecule has 0 aliphatic heterocycles. The molecule has 0 spiro atoms. The van der Waals surface area contributed by atoms with Crippen LogP contribution in [0.15, 0.2) is 60.8 Å². The molecule has 1 unspecified atom stereocenters. The van der Waals surface area contributed by atoms with E-state index in [2.05, 4.69) is 20.3 Å². The van der Waals surface area contributed by atoms with Crippen LogP contribution in [0.25, 0.3) is 10.9 Å². The number of fused-ring (bicyclic) bond motifs is 1. The number of aromatic amines is 1. The van der Waals surface area contributed by atoms with E-state index in [1.54, 1.807) is 36.5 Å². The molecule has 16 heteroatoms. The van der Waals surface area contributed by atoms with Crippen LogP contribution < -0.4 is 45.1 Å². The Balaban J connectivity index is 0.00000650. The third-order valence-electron chi connectivity index (χ3n) is 8.94. The Morgan fingerprint density at radius 2 is 1.71 bits per heavy atom. The summed E-state index contributed by atoms with van der Waals surface area (Å²) in [6, 6.07) is 13.3. The number of nitrogens with one attached hydrogen (secondary N) is 4. The first kappa shape index (κ1) is 40.5. The van der Waals surface area contributed by atoms with Gasteiger partial charge in [0.25, 0.3) is 0 Å². The standard InChI is InChI=1S/C33H46N5O8PS.Li/c1-48(45,46)38-27(15-7-10-18-34)29(39)37-33(43,20-23-11-3-2-4-12-23)47(44)22-32(16-8-9-17-32)31(42)36-28(30(40)41)19-24-21-35-26-14-6-5-13-25(24)26;/h2-6,11-14,21,27-28,35,38,43,47H,7-10,15-20,22,34H2,1H3,(H,36,42)(H,37,39)(H,40,41);/q;+1/p-1/t27-,28-,33+;/m0./s1. The molecule has 4 rings (SSSR count). The van der Waals surface area contributed by atoms with Crippen LogP contribution in [0.5, 0.6) is 0 Å². The Labute approximate surface area is 299 Å². The van der Waals surface area contributed by atoms with Gasteiger partial charge in [-0.3, -0.25) is 9.59 Å². The third-order valence-corrected chi connectivity index (χ3v) is 11.9. The number of rotatable bonds is 18. The van der Waals surface area contributed by atoms with Crippen LogP contribution in [0.4, 0.5) is 0 Å². The fourth-order valence-corrected chi connectivity index (χ4v) is 9.23. The predicted molar refractivity (Wildman–Crippen MR) is 182 cm³/mol. The Morgan fingerprint density at radius 1 is 1.06 bits per heavy atom. The number of aromatic nitrogens is 1. The smallest absolute Gasteiger partial charge is 0.548 e. The average molecular weight is 710 g/mol. The number of hydrogen-bond acceptors (Lipinski definition) is 9. The van der Waals surface area contributed by atoms with Gasteiger partial charge in [0.2, 0.25) is 21.8 Å². The average Bonchev–Trinajstić information content (AvgIpc) is 3.68. The van der Waals surface area contributed by atoms with Crippen molar-refractivity contribution < 1.29 is 56.4 Å². The molecule has 262 valence electrons. The topological polar surface area (TPSA) is 224 Å². The van der Waals surface area contributed by atoms with Gasteiger partial charge in [0.1, 0.15) is 13.8 Å². The summed E-state index contributed by atoms with van der Waals surface area (Å²) in [6.07, 6.45) is 4.85. The zero-order valence-electron chi connectivity index (χ0n) is 28.0. The zero-order valence-corrected chi connectivity index (χ0v) is 29.8. The van der Waals surface area contributed by atoms with Gasteiger partial charge in [-0.15, -0.1) is 0 Å². The normalized spacial score (nSPS) is 17.3. The number of carbonyl (C=O) groups is 3. The summed E-state index contributed by atoms with van der Waals surface area (Å²) in [4.78, 5) is 42.8.